The fraction of sp³-hybridized carbons (Fsp3) is 0.206. The van der Waals surface area contributed by atoms with Crippen LogP contribution in [0.1, 0.15) is 23.8 Å². The SMILES string of the molecule is C=C(Cn1cccn1)C(=O)N/C(SC)=C(/C=C(\C)NC(=O)CC1=CC=CC2=CC1C=CC=C2Oc1ccnc(C(=O)NC)c1)C(F)(F)F. The minimum Gasteiger partial charge on any atom is -0.457 e. The highest BCUT2D eigenvalue weighted by atomic mass is 32.2. The van der Waals surface area contributed by atoms with Crippen molar-refractivity contribution in [1.29, 1.82) is 0 Å². The summed E-state index contributed by atoms with van der Waals surface area (Å²) in [6.07, 6.45) is 14.5. The van der Waals surface area contributed by atoms with E-state index in [2.05, 4.69) is 32.6 Å². The van der Waals surface area contributed by atoms with Gasteiger partial charge in [0.05, 0.1) is 17.1 Å². The highest BCUT2D eigenvalue weighted by molar-refractivity contribution is 8.02. The van der Waals surface area contributed by atoms with Crippen molar-refractivity contribution < 1.29 is 32.3 Å². The summed E-state index contributed by atoms with van der Waals surface area (Å²) in [5.74, 6) is -1.06. The van der Waals surface area contributed by atoms with Crippen molar-refractivity contribution in [1.82, 2.24) is 30.7 Å². The van der Waals surface area contributed by atoms with Crippen molar-refractivity contribution in [2.24, 2.45) is 5.92 Å². The minimum atomic E-state index is -4.84. The Balaban J connectivity index is 1.44. The molecule has 2 aromatic rings. The Morgan fingerprint density at radius 1 is 1.17 bits per heavy atom. The number of pyridine rings is 1. The molecule has 3 N–H and O–H groups in total. The Morgan fingerprint density at radius 2 is 1.96 bits per heavy atom. The summed E-state index contributed by atoms with van der Waals surface area (Å²) in [5, 5.41) is 10.9. The molecule has 0 saturated carbocycles. The van der Waals surface area contributed by atoms with E-state index in [1.165, 1.54) is 43.4 Å². The molecule has 10 nitrogen and oxygen atoms in total. The number of nitrogens with zero attached hydrogens (tertiary/aromatic N) is 3. The average Bonchev–Trinajstić information content (AvgIpc) is 3.38. The van der Waals surface area contributed by atoms with E-state index in [4.69, 9.17) is 4.74 Å². The predicted octanol–water partition coefficient (Wildman–Crippen LogP) is 5.43. The van der Waals surface area contributed by atoms with Crippen molar-refractivity contribution >= 4 is 29.5 Å². The van der Waals surface area contributed by atoms with Crippen LogP contribution in [0.5, 0.6) is 5.75 Å². The van der Waals surface area contributed by atoms with Gasteiger partial charge in [-0.3, -0.25) is 24.0 Å². The number of alkyl halides is 3. The number of aromatic nitrogens is 3. The lowest BCUT2D eigenvalue weighted by Gasteiger charge is -2.17. The number of hydrogen-bond acceptors (Lipinski definition) is 7. The summed E-state index contributed by atoms with van der Waals surface area (Å²) in [4.78, 5) is 41.7. The van der Waals surface area contributed by atoms with E-state index in [-0.39, 0.29) is 41.8 Å². The van der Waals surface area contributed by atoms with Crippen LogP contribution < -0.4 is 20.7 Å². The number of carbonyl (C=O) groups excluding carboxylic acids is 3. The summed E-state index contributed by atoms with van der Waals surface area (Å²) in [6, 6.07) is 4.79. The lowest BCUT2D eigenvalue weighted by molar-refractivity contribution is -0.120. The topological polar surface area (TPSA) is 127 Å². The van der Waals surface area contributed by atoms with Gasteiger partial charge < -0.3 is 20.7 Å². The number of allylic oxidation sites excluding steroid dienone is 10. The Bertz CT molecular complexity index is 1800. The number of ether oxygens (including phenoxy) is 1. The first-order valence-electron chi connectivity index (χ1n) is 14.5. The van der Waals surface area contributed by atoms with E-state index in [0.29, 0.717) is 28.8 Å². The highest BCUT2D eigenvalue weighted by Crippen LogP contribution is 2.33. The second-order valence-corrected chi connectivity index (χ2v) is 11.3. The third kappa shape index (κ3) is 9.58. The quantitative estimate of drug-likeness (QED) is 0.202. The number of nitrogens with one attached hydrogen (secondary N) is 3. The van der Waals surface area contributed by atoms with Gasteiger partial charge in [0.25, 0.3) is 11.8 Å². The Morgan fingerprint density at radius 3 is 2.65 bits per heavy atom. The highest BCUT2D eigenvalue weighted by Gasteiger charge is 2.36. The standard InChI is InChI=1S/C34H33F3N6O4S/c1-21(20-43-15-7-13-40-43)31(45)42-33(48-4)27(34(35,36)37)16-22(2)41-30(44)18-24-8-5-10-25-17-23(24)9-6-11-29(25)47-26-12-14-39-28(19-26)32(46)38-3/h5-17,19,23H,1,18,20H2,2-4H3,(H,38,46)(H,41,44)(H,42,45)/b22-16+,33-27+. The molecule has 2 heterocycles. The molecule has 1 unspecified atom stereocenters. The molecular formula is C34H33F3N6O4S. The van der Waals surface area contributed by atoms with Gasteiger partial charge in [-0.15, -0.1) is 11.8 Å². The largest absolute Gasteiger partial charge is 0.457 e. The monoisotopic (exact) mass is 678 g/mol. The second kappa shape index (κ2) is 16.0. The molecule has 2 aromatic heterocycles. The molecule has 4 rings (SSSR count). The normalized spacial score (nSPS) is 16.3. The maximum atomic E-state index is 14.2. The van der Waals surface area contributed by atoms with Crippen LogP contribution in [0, 0.1) is 5.92 Å². The summed E-state index contributed by atoms with van der Waals surface area (Å²) in [7, 11) is 1.50. The summed E-state index contributed by atoms with van der Waals surface area (Å²) < 4.78 is 50.0. The molecule has 1 atom stereocenters. The van der Waals surface area contributed by atoms with Crippen LogP contribution in [0.3, 0.4) is 0 Å². The Hall–Kier alpha value is -5.37. The molecular weight excluding hydrogens is 645 g/mol. The molecule has 3 amide bonds. The first-order chi connectivity index (χ1) is 22.9. The van der Waals surface area contributed by atoms with E-state index in [1.807, 2.05) is 18.2 Å². The number of thioether (sulfide) groups is 1. The summed E-state index contributed by atoms with van der Waals surface area (Å²) in [5.41, 5.74) is 0.443. The van der Waals surface area contributed by atoms with Gasteiger partial charge in [0.1, 0.15) is 17.2 Å². The van der Waals surface area contributed by atoms with Crippen LogP contribution in [0.25, 0.3) is 0 Å². The lowest BCUT2D eigenvalue weighted by Crippen LogP contribution is -2.29. The van der Waals surface area contributed by atoms with Crippen LogP contribution >= 0.6 is 11.8 Å². The molecule has 48 heavy (non-hydrogen) atoms. The average molecular weight is 679 g/mol. The second-order valence-electron chi connectivity index (χ2n) is 10.5. The Kier molecular flexibility index (Phi) is 11.8. The van der Waals surface area contributed by atoms with E-state index in [0.717, 1.165) is 11.6 Å². The van der Waals surface area contributed by atoms with Gasteiger partial charge in [-0.25, -0.2) is 0 Å². The predicted molar refractivity (Wildman–Crippen MR) is 177 cm³/mol. The molecule has 0 saturated heterocycles. The number of halogens is 3. The zero-order valence-electron chi connectivity index (χ0n) is 26.3. The van der Waals surface area contributed by atoms with Crippen LogP contribution in [-0.4, -0.2) is 52.0 Å². The van der Waals surface area contributed by atoms with Crippen LogP contribution in [0.15, 0.2) is 131 Å². The minimum absolute atomic E-state index is 0.000215. The van der Waals surface area contributed by atoms with Crippen molar-refractivity contribution in [3.05, 3.63) is 136 Å². The zero-order valence-corrected chi connectivity index (χ0v) is 27.1. The van der Waals surface area contributed by atoms with Crippen molar-refractivity contribution in [2.75, 3.05) is 13.3 Å². The van der Waals surface area contributed by atoms with Gasteiger partial charge in [-0.1, -0.05) is 48.6 Å². The number of amides is 3. The van der Waals surface area contributed by atoms with Gasteiger partial charge in [0.2, 0.25) is 5.91 Å². The van der Waals surface area contributed by atoms with Gasteiger partial charge in [-0.2, -0.15) is 18.3 Å². The lowest BCUT2D eigenvalue weighted by atomic mass is 9.94. The van der Waals surface area contributed by atoms with E-state index in [9.17, 15) is 27.6 Å². The van der Waals surface area contributed by atoms with Crippen LogP contribution in [-0.2, 0) is 16.1 Å². The molecule has 0 radical (unpaired) electrons. The third-order valence-corrected chi connectivity index (χ3v) is 7.65. The van der Waals surface area contributed by atoms with Crippen molar-refractivity contribution in [3.63, 3.8) is 0 Å². The first-order valence-corrected chi connectivity index (χ1v) is 15.7. The molecule has 14 heteroatoms. The number of rotatable bonds is 12. The Labute approximate surface area is 279 Å². The molecule has 2 aliphatic rings. The smallest absolute Gasteiger partial charge is 0.418 e. The van der Waals surface area contributed by atoms with Crippen molar-refractivity contribution in [3.8, 4) is 5.75 Å². The molecule has 2 bridgehead atoms. The molecule has 0 aliphatic heterocycles. The van der Waals surface area contributed by atoms with Gasteiger partial charge in [-0.05, 0) is 37.5 Å². The molecule has 2 aliphatic carbocycles. The fourth-order valence-corrected chi connectivity index (χ4v) is 5.22. The van der Waals surface area contributed by atoms with Gasteiger partial charge in [0.15, 0.2) is 0 Å². The fourth-order valence-electron chi connectivity index (χ4n) is 4.63. The number of carbonyl (C=O) groups is 3. The summed E-state index contributed by atoms with van der Waals surface area (Å²) in [6.45, 7) is 5.00. The van der Waals surface area contributed by atoms with E-state index < -0.39 is 28.6 Å². The molecule has 0 aromatic carbocycles. The first kappa shape index (κ1) is 35.5. The molecule has 0 fully saturated rings. The van der Waals surface area contributed by atoms with E-state index >= 15 is 0 Å². The molecule has 0 spiro atoms. The maximum absolute atomic E-state index is 14.2. The van der Waals surface area contributed by atoms with Crippen LogP contribution in [0.4, 0.5) is 13.2 Å². The zero-order chi connectivity index (χ0) is 34.8. The number of fused-ring (bicyclic) bond motifs is 1. The number of hydrogen-bond donors (Lipinski definition) is 3. The van der Waals surface area contributed by atoms with Crippen molar-refractivity contribution in [2.45, 2.75) is 26.1 Å². The summed E-state index contributed by atoms with van der Waals surface area (Å²) >= 11 is 0.706. The van der Waals surface area contributed by atoms with Crippen LogP contribution in [0.2, 0.25) is 0 Å². The van der Waals surface area contributed by atoms with Gasteiger partial charge >= 0.3 is 6.18 Å². The third-order valence-electron chi connectivity index (χ3n) is 6.92. The van der Waals surface area contributed by atoms with Gasteiger partial charge in [0, 0.05) is 60.9 Å². The van der Waals surface area contributed by atoms with E-state index in [1.54, 1.807) is 42.6 Å². The molecule has 250 valence electrons. The maximum Gasteiger partial charge on any atom is 0.418 e.